The highest BCUT2D eigenvalue weighted by Gasteiger charge is 2.28. The van der Waals surface area contributed by atoms with Crippen LogP contribution in [0.15, 0.2) is 18.2 Å². The summed E-state index contributed by atoms with van der Waals surface area (Å²) in [5.74, 6) is -0.733. The topological polar surface area (TPSA) is 66.8 Å². The molecule has 0 spiro atoms. The SMILES string of the molecule is Cc1ccc(C)c(OCC(=O)N2CCC[C@H](C(=O)O)C2)c1. The number of rotatable bonds is 4. The molecule has 0 saturated carbocycles. The van der Waals surface area contributed by atoms with Crippen molar-refractivity contribution in [1.29, 1.82) is 0 Å². The minimum Gasteiger partial charge on any atom is -0.483 e. The van der Waals surface area contributed by atoms with Crippen LogP contribution in [0.4, 0.5) is 0 Å². The minimum absolute atomic E-state index is 0.0450. The van der Waals surface area contributed by atoms with Gasteiger partial charge in [0, 0.05) is 13.1 Å². The van der Waals surface area contributed by atoms with Crippen LogP contribution in [-0.2, 0) is 9.59 Å². The molecule has 0 aliphatic carbocycles. The monoisotopic (exact) mass is 291 g/mol. The van der Waals surface area contributed by atoms with Gasteiger partial charge in [-0.15, -0.1) is 0 Å². The van der Waals surface area contributed by atoms with E-state index in [9.17, 15) is 9.59 Å². The molecule has 1 N–H and O–H groups in total. The van der Waals surface area contributed by atoms with Gasteiger partial charge in [0.1, 0.15) is 5.75 Å². The van der Waals surface area contributed by atoms with E-state index in [2.05, 4.69) is 0 Å². The Labute approximate surface area is 124 Å². The van der Waals surface area contributed by atoms with E-state index >= 15 is 0 Å². The number of carboxylic acid groups (broad SMARTS) is 1. The average molecular weight is 291 g/mol. The maximum atomic E-state index is 12.1. The average Bonchev–Trinajstić information content (AvgIpc) is 2.48. The third-order valence-electron chi connectivity index (χ3n) is 3.82. The molecular weight excluding hydrogens is 270 g/mol. The van der Waals surface area contributed by atoms with Gasteiger partial charge < -0.3 is 14.7 Å². The van der Waals surface area contributed by atoms with Crippen molar-refractivity contribution in [1.82, 2.24) is 4.90 Å². The molecule has 21 heavy (non-hydrogen) atoms. The second-order valence-corrected chi connectivity index (χ2v) is 5.57. The van der Waals surface area contributed by atoms with Crippen LogP contribution in [0.25, 0.3) is 0 Å². The van der Waals surface area contributed by atoms with Gasteiger partial charge in [-0.05, 0) is 43.9 Å². The lowest BCUT2D eigenvalue weighted by Crippen LogP contribution is -2.44. The van der Waals surface area contributed by atoms with Crippen molar-refractivity contribution in [3.8, 4) is 5.75 Å². The zero-order valence-electron chi connectivity index (χ0n) is 12.5. The van der Waals surface area contributed by atoms with Gasteiger partial charge in [-0.25, -0.2) is 0 Å². The first-order valence-corrected chi connectivity index (χ1v) is 7.18. The lowest BCUT2D eigenvalue weighted by atomic mass is 9.98. The summed E-state index contributed by atoms with van der Waals surface area (Å²) < 4.78 is 5.59. The summed E-state index contributed by atoms with van der Waals surface area (Å²) in [7, 11) is 0. The lowest BCUT2D eigenvalue weighted by molar-refractivity contribution is -0.146. The number of aliphatic carboxylic acids is 1. The van der Waals surface area contributed by atoms with Crippen molar-refractivity contribution in [3.63, 3.8) is 0 Å². The van der Waals surface area contributed by atoms with Crippen LogP contribution < -0.4 is 4.74 Å². The molecule has 114 valence electrons. The van der Waals surface area contributed by atoms with Crippen LogP contribution >= 0.6 is 0 Å². The molecule has 0 aromatic heterocycles. The molecule has 1 aliphatic rings. The first kappa shape index (κ1) is 15.4. The van der Waals surface area contributed by atoms with Crippen LogP contribution in [0.2, 0.25) is 0 Å². The van der Waals surface area contributed by atoms with E-state index in [0.717, 1.165) is 17.5 Å². The predicted molar refractivity (Wildman–Crippen MR) is 78.4 cm³/mol. The third-order valence-corrected chi connectivity index (χ3v) is 3.82. The van der Waals surface area contributed by atoms with Crippen LogP contribution in [0.5, 0.6) is 5.75 Å². The molecule has 2 rings (SSSR count). The summed E-state index contributed by atoms with van der Waals surface area (Å²) in [5, 5.41) is 9.04. The summed E-state index contributed by atoms with van der Waals surface area (Å²) >= 11 is 0. The molecule has 1 heterocycles. The van der Waals surface area contributed by atoms with Gasteiger partial charge in [0.15, 0.2) is 6.61 Å². The fourth-order valence-corrected chi connectivity index (χ4v) is 2.50. The summed E-state index contributed by atoms with van der Waals surface area (Å²) in [6, 6.07) is 5.85. The Morgan fingerprint density at radius 1 is 1.38 bits per heavy atom. The second-order valence-electron chi connectivity index (χ2n) is 5.57. The van der Waals surface area contributed by atoms with E-state index in [1.54, 1.807) is 4.90 Å². The number of carbonyl (C=O) groups is 2. The molecule has 1 amide bonds. The van der Waals surface area contributed by atoms with Gasteiger partial charge in [0.05, 0.1) is 5.92 Å². The zero-order valence-corrected chi connectivity index (χ0v) is 12.5. The van der Waals surface area contributed by atoms with Crippen molar-refractivity contribution >= 4 is 11.9 Å². The highest BCUT2D eigenvalue weighted by atomic mass is 16.5. The number of hydrogen-bond donors (Lipinski definition) is 1. The van der Waals surface area contributed by atoms with Gasteiger partial charge in [-0.1, -0.05) is 12.1 Å². The molecule has 1 fully saturated rings. The Hall–Kier alpha value is -2.04. The Kier molecular flexibility index (Phi) is 4.83. The number of amides is 1. The quantitative estimate of drug-likeness (QED) is 0.921. The standard InChI is InChI=1S/C16H21NO4/c1-11-5-6-12(2)14(8-11)21-10-15(18)17-7-3-4-13(9-17)16(19)20/h5-6,8,13H,3-4,7,9-10H2,1-2H3,(H,19,20)/t13-/m0/s1. The number of aryl methyl sites for hydroxylation is 2. The molecular formula is C16H21NO4. The van der Waals surface area contributed by atoms with E-state index in [0.29, 0.717) is 18.7 Å². The molecule has 1 saturated heterocycles. The molecule has 0 radical (unpaired) electrons. The number of hydrogen-bond acceptors (Lipinski definition) is 3. The van der Waals surface area contributed by atoms with E-state index in [1.807, 2.05) is 32.0 Å². The number of likely N-dealkylation sites (tertiary alicyclic amines) is 1. The largest absolute Gasteiger partial charge is 0.483 e. The Balaban J connectivity index is 1.92. The highest BCUT2D eigenvalue weighted by Crippen LogP contribution is 2.20. The summed E-state index contributed by atoms with van der Waals surface area (Å²) in [6.07, 6.45) is 1.36. The fraction of sp³-hybridized carbons (Fsp3) is 0.500. The van der Waals surface area contributed by atoms with E-state index in [1.165, 1.54) is 0 Å². The molecule has 0 unspecified atom stereocenters. The van der Waals surface area contributed by atoms with Gasteiger partial charge in [-0.3, -0.25) is 9.59 Å². The van der Waals surface area contributed by atoms with E-state index in [4.69, 9.17) is 9.84 Å². The molecule has 1 aliphatic heterocycles. The first-order valence-electron chi connectivity index (χ1n) is 7.18. The number of carbonyl (C=O) groups excluding carboxylic acids is 1. The summed E-state index contributed by atoms with van der Waals surface area (Å²) in [6.45, 7) is 4.75. The number of benzene rings is 1. The van der Waals surface area contributed by atoms with Crippen LogP contribution in [0.1, 0.15) is 24.0 Å². The van der Waals surface area contributed by atoms with Crippen molar-refractivity contribution in [2.45, 2.75) is 26.7 Å². The maximum absolute atomic E-state index is 12.1. The van der Waals surface area contributed by atoms with Crippen molar-refractivity contribution in [2.24, 2.45) is 5.92 Å². The Morgan fingerprint density at radius 2 is 2.14 bits per heavy atom. The van der Waals surface area contributed by atoms with Gasteiger partial charge >= 0.3 is 5.97 Å². The fourth-order valence-electron chi connectivity index (χ4n) is 2.50. The summed E-state index contributed by atoms with van der Waals surface area (Å²) in [4.78, 5) is 24.7. The molecule has 5 nitrogen and oxygen atoms in total. The Bertz CT molecular complexity index is 541. The zero-order chi connectivity index (χ0) is 15.4. The normalized spacial score (nSPS) is 18.4. The van der Waals surface area contributed by atoms with E-state index in [-0.39, 0.29) is 19.1 Å². The highest BCUT2D eigenvalue weighted by molar-refractivity contribution is 5.79. The van der Waals surface area contributed by atoms with Gasteiger partial charge in [0.2, 0.25) is 0 Å². The molecule has 0 bridgehead atoms. The lowest BCUT2D eigenvalue weighted by Gasteiger charge is -2.30. The number of nitrogens with zero attached hydrogens (tertiary/aromatic N) is 1. The van der Waals surface area contributed by atoms with Gasteiger partial charge in [0.25, 0.3) is 5.91 Å². The molecule has 1 atom stereocenters. The Morgan fingerprint density at radius 3 is 2.86 bits per heavy atom. The number of piperidine rings is 1. The number of ether oxygens (including phenoxy) is 1. The number of carboxylic acids is 1. The summed E-state index contributed by atoms with van der Waals surface area (Å²) in [5.41, 5.74) is 2.06. The van der Waals surface area contributed by atoms with Gasteiger partial charge in [-0.2, -0.15) is 0 Å². The van der Waals surface area contributed by atoms with Crippen molar-refractivity contribution in [2.75, 3.05) is 19.7 Å². The van der Waals surface area contributed by atoms with Crippen LogP contribution in [0, 0.1) is 19.8 Å². The second kappa shape index (κ2) is 6.61. The van der Waals surface area contributed by atoms with Crippen LogP contribution in [-0.4, -0.2) is 41.6 Å². The molecule has 5 heteroatoms. The molecule has 1 aromatic carbocycles. The van der Waals surface area contributed by atoms with Crippen molar-refractivity contribution < 1.29 is 19.4 Å². The van der Waals surface area contributed by atoms with Crippen molar-refractivity contribution in [3.05, 3.63) is 29.3 Å². The van der Waals surface area contributed by atoms with E-state index < -0.39 is 11.9 Å². The molecule has 1 aromatic rings. The third kappa shape index (κ3) is 3.97. The minimum atomic E-state index is -0.831. The smallest absolute Gasteiger partial charge is 0.308 e. The first-order chi connectivity index (χ1) is 9.97. The maximum Gasteiger partial charge on any atom is 0.308 e. The van der Waals surface area contributed by atoms with Crippen LogP contribution in [0.3, 0.4) is 0 Å². The predicted octanol–water partition coefficient (Wildman–Crippen LogP) is 2.01.